The minimum absolute atomic E-state index is 0.0122. The number of benzene rings is 2. The minimum atomic E-state index is -0.128. The summed E-state index contributed by atoms with van der Waals surface area (Å²) in [6.07, 6.45) is 0.822. The standard InChI is InChI=1S/C18H21NO3/c1-4-15(13-8-6-5-7-9-13)19-18(20)14-10-11-16(21-2)17(12-14)22-3/h5-12,15H,4H2,1-3H3,(H,19,20)/t15-/m0/s1. The van der Waals surface area contributed by atoms with Gasteiger partial charge in [0.2, 0.25) is 0 Å². The predicted molar refractivity (Wildman–Crippen MR) is 86.5 cm³/mol. The molecule has 0 unspecified atom stereocenters. The van der Waals surface area contributed by atoms with Crippen LogP contribution in [0.4, 0.5) is 0 Å². The van der Waals surface area contributed by atoms with Gasteiger partial charge in [-0.05, 0) is 30.2 Å². The Kier molecular flexibility index (Phi) is 5.42. The molecule has 2 rings (SSSR count). The van der Waals surface area contributed by atoms with Gasteiger partial charge in [-0.1, -0.05) is 37.3 Å². The third kappa shape index (κ3) is 3.58. The van der Waals surface area contributed by atoms with Crippen LogP contribution in [0.5, 0.6) is 11.5 Å². The first-order valence-corrected chi connectivity index (χ1v) is 7.27. The number of carbonyl (C=O) groups excluding carboxylic acids is 1. The normalized spacial score (nSPS) is 11.6. The van der Waals surface area contributed by atoms with E-state index >= 15 is 0 Å². The second kappa shape index (κ2) is 7.50. The number of hydrogen-bond donors (Lipinski definition) is 1. The molecule has 4 heteroatoms. The summed E-state index contributed by atoms with van der Waals surface area (Å²) in [6, 6.07) is 15.1. The third-order valence-corrected chi connectivity index (χ3v) is 3.56. The summed E-state index contributed by atoms with van der Waals surface area (Å²) >= 11 is 0. The van der Waals surface area contributed by atoms with Crippen LogP contribution >= 0.6 is 0 Å². The van der Waals surface area contributed by atoms with Crippen LogP contribution in [-0.2, 0) is 0 Å². The lowest BCUT2D eigenvalue weighted by molar-refractivity contribution is 0.0935. The van der Waals surface area contributed by atoms with Crippen LogP contribution in [0.25, 0.3) is 0 Å². The SMILES string of the molecule is CC[C@H](NC(=O)c1ccc(OC)c(OC)c1)c1ccccc1. The van der Waals surface area contributed by atoms with Gasteiger partial charge in [0.15, 0.2) is 11.5 Å². The summed E-state index contributed by atoms with van der Waals surface area (Å²) < 4.78 is 10.4. The molecule has 0 aliphatic heterocycles. The molecular formula is C18H21NO3. The summed E-state index contributed by atoms with van der Waals surface area (Å²) in [5, 5.41) is 3.05. The molecule has 4 nitrogen and oxygen atoms in total. The molecule has 2 aromatic rings. The Bertz CT molecular complexity index is 625. The lowest BCUT2D eigenvalue weighted by Crippen LogP contribution is -2.28. The summed E-state index contributed by atoms with van der Waals surface area (Å²) in [4.78, 5) is 12.4. The number of carbonyl (C=O) groups is 1. The number of ether oxygens (including phenoxy) is 2. The van der Waals surface area contributed by atoms with Crippen LogP contribution in [-0.4, -0.2) is 20.1 Å². The molecule has 0 saturated heterocycles. The lowest BCUT2D eigenvalue weighted by atomic mass is 10.0. The molecule has 22 heavy (non-hydrogen) atoms. The zero-order valence-electron chi connectivity index (χ0n) is 13.1. The Balaban J connectivity index is 2.17. The van der Waals surface area contributed by atoms with Crippen molar-refractivity contribution in [1.29, 1.82) is 0 Å². The molecule has 0 fully saturated rings. The van der Waals surface area contributed by atoms with Gasteiger partial charge >= 0.3 is 0 Å². The molecule has 1 N–H and O–H groups in total. The van der Waals surface area contributed by atoms with Gasteiger partial charge in [0.25, 0.3) is 5.91 Å². The molecular weight excluding hydrogens is 278 g/mol. The van der Waals surface area contributed by atoms with E-state index in [2.05, 4.69) is 5.32 Å². The quantitative estimate of drug-likeness (QED) is 0.887. The highest BCUT2D eigenvalue weighted by atomic mass is 16.5. The van der Waals surface area contributed by atoms with Crippen molar-refractivity contribution < 1.29 is 14.3 Å². The van der Waals surface area contributed by atoms with Crippen molar-refractivity contribution in [3.8, 4) is 11.5 Å². The number of nitrogens with one attached hydrogen (secondary N) is 1. The molecule has 0 radical (unpaired) electrons. The second-order valence-electron chi connectivity index (χ2n) is 4.91. The molecule has 0 aliphatic carbocycles. The zero-order chi connectivity index (χ0) is 15.9. The second-order valence-corrected chi connectivity index (χ2v) is 4.91. The maximum absolute atomic E-state index is 12.4. The Morgan fingerprint density at radius 3 is 2.32 bits per heavy atom. The average Bonchev–Trinajstić information content (AvgIpc) is 2.59. The van der Waals surface area contributed by atoms with E-state index in [-0.39, 0.29) is 11.9 Å². The minimum Gasteiger partial charge on any atom is -0.493 e. The Hall–Kier alpha value is -2.49. The summed E-state index contributed by atoms with van der Waals surface area (Å²) in [5.74, 6) is 1.02. The highest BCUT2D eigenvalue weighted by Crippen LogP contribution is 2.28. The average molecular weight is 299 g/mol. The molecule has 116 valence electrons. The van der Waals surface area contributed by atoms with Gasteiger partial charge < -0.3 is 14.8 Å². The molecule has 0 heterocycles. The first-order valence-electron chi connectivity index (χ1n) is 7.27. The molecule has 0 saturated carbocycles. The maximum Gasteiger partial charge on any atom is 0.251 e. The van der Waals surface area contributed by atoms with Gasteiger partial charge in [0.1, 0.15) is 0 Å². The van der Waals surface area contributed by atoms with Crippen LogP contribution < -0.4 is 14.8 Å². The number of amides is 1. The zero-order valence-corrected chi connectivity index (χ0v) is 13.1. The van der Waals surface area contributed by atoms with Crippen molar-refractivity contribution in [2.24, 2.45) is 0 Å². The molecule has 1 atom stereocenters. The molecule has 1 amide bonds. The highest BCUT2D eigenvalue weighted by Gasteiger charge is 2.15. The molecule has 0 spiro atoms. The van der Waals surface area contributed by atoms with Gasteiger partial charge in [-0.3, -0.25) is 4.79 Å². The monoisotopic (exact) mass is 299 g/mol. The van der Waals surface area contributed by atoms with E-state index in [1.807, 2.05) is 37.3 Å². The maximum atomic E-state index is 12.4. The van der Waals surface area contributed by atoms with E-state index < -0.39 is 0 Å². The number of rotatable bonds is 6. The topological polar surface area (TPSA) is 47.6 Å². The summed E-state index contributed by atoms with van der Waals surface area (Å²) in [7, 11) is 3.12. The summed E-state index contributed by atoms with van der Waals surface area (Å²) in [6.45, 7) is 2.05. The van der Waals surface area contributed by atoms with Crippen LogP contribution in [0.2, 0.25) is 0 Å². The Labute approximate surface area is 131 Å². The lowest BCUT2D eigenvalue weighted by Gasteiger charge is -2.18. The van der Waals surface area contributed by atoms with Crippen molar-refractivity contribution in [1.82, 2.24) is 5.32 Å². The Morgan fingerprint density at radius 1 is 1.05 bits per heavy atom. The van der Waals surface area contributed by atoms with E-state index in [1.165, 1.54) is 0 Å². The van der Waals surface area contributed by atoms with E-state index in [9.17, 15) is 4.79 Å². The van der Waals surface area contributed by atoms with Crippen molar-refractivity contribution >= 4 is 5.91 Å². The van der Waals surface area contributed by atoms with Crippen molar-refractivity contribution in [3.63, 3.8) is 0 Å². The van der Waals surface area contributed by atoms with Crippen LogP contribution in [0.1, 0.15) is 35.3 Å². The fourth-order valence-electron chi connectivity index (χ4n) is 2.33. The van der Waals surface area contributed by atoms with E-state index in [1.54, 1.807) is 32.4 Å². The molecule has 0 aliphatic rings. The van der Waals surface area contributed by atoms with Crippen molar-refractivity contribution in [3.05, 3.63) is 59.7 Å². The predicted octanol–water partition coefficient (Wildman–Crippen LogP) is 3.58. The van der Waals surface area contributed by atoms with Gasteiger partial charge in [0.05, 0.1) is 20.3 Å². The summed E-state index contributed by atoms with van der Waals surface area (Å²) in [5.41, 5.74) is 1.64. The van der Waals surface area contributed by atoms with Crippen LogP contribution in [0.3, 0.4) is 0 Å². The molecule has 2 aromatic carbocycles. The number of hydrogen-bond acceptors (Lipinski definition) is 3. The van der Waals surface area contributed by atoms with Gasteiger partial charge in [-0.15, -0.1) is 0 Å². The number of methoxy groups -OCH3 is 2. The van der Waals surface area contributed by atoms with E-state index in [4.69, 9.17) is 9.47 Å². The first-order chi connectivity index (χ1) is 10.7. The largest absolute Gasteiger partial charge is 0.493 e. The van der Waals surface area contributed by atoms with Gasteiger partial charge in [0, 0.05) is 5.56 Å². The first kappa shape index (κ1) is 15.9. The smallest absolute Gasteiger partial charge is 0.251 e. The van der Waals surface area contributed by atoms with E-state index in [0.29, 0.717) is 17.1 Å². The van der Waals surface area contributed by atoms with Crippen LogP contribution in [0, 0.1) is 0 Å². The van der Waals surface area contributed by atoms with Gasteiger partial charge in [-0.2, -0.15) is 0 Å². The van der Waals surface area contributed by atoms with Crippen molar-refractivity contribution in [2.45, 2.75) is 19.4 Å². The molecule has 0 bridgehead atoms. The van der Waals surface area contributed by atoms with Crippen molar-refractivity contribution in [2.75, 3.05) is 14.2 Å². The Morgan fingerprint density at radius 2 is 1.73 bits per heavy atom. The third-order valence-electron chi connectivity index (χ3n) is 3.56. The fourth-order valence-corrected chi connectivity index (χ4v) is 2.33. The van der Waals surface area contributed by atoms with E-state index in [0.717, 1.165) is 12.0 Å². The van der Waals surface area contributed by atoms with Crippen LogP contribution in [0.15, 0.2) is 48.5 Å². The molecule has 0 aromatic heterocycles. The fraction of sp³-hybridized carbons (Fsp3) is 0.278. The highest BCUT2D eigenvalue weighted by molar-refractivity contribution is 5.95. The van der Waals surface area contributed by atoms with Gasteiger partial charge in [-0.25, -0.2) is 0 Å².